The molecule has 0 aromatic heterocycles. The van der Waals surface area contributed by atoms with Crippen molar-refractivity contribution in [3.63, 3.8) is 0 Å². The van der Waals surface area contributed by atoms with Crippen molar-refractivity contribution in [2.45, 2.75) is 12.8 Å². The standard InChI is InChI=1S/C6H9NO2/c8-6-4-2-1-3-5-7(6)9/h1,3,9H,2,4-5H2. The van der Waals surface area contributed by atoms with Gasteiger partial charge in [-0.3, -0.25) is 10.0 Å². The topological polar surface area (TPSA) is 40.5 Å². The highest BCUT2D eigenvalue weighted by Crippen LogP contribution is 2.01. The van der Waals surface area contributed by atoms with Gasteiger partial charge in [-0.15, -0.1) is 0 Å². The van der Waals surface area contributed by atoms with Crippen LogP contribution < -0.4 is 0 Å². The molecule has 0 aliphatic carbocycles. The molecule has 0 aromatic carbocycles. The summed E-state index contributed by atoms with van der Waals surface area (Å²) in [6.45, 7) is 0.332. The van der Waals surface area contributed by atoms with Crippen LogP contribution in [-0.2, 0) is 4.79 Å². The summed E-state index contributed by atoms with van der Waals surface area (Å²) in [6.07, 6.45) is 4.85. The minimum atomic E-state index is -0.194. The second-order valence-electron chi connectivity index (χ2n) is 1.99. The van der Waals surface area contributed by atoms with Gasteiger partial charge in [0.1, 0.15) is 0 Å². The summed E-state index contributed by atoms with van der Waals surface area (Å²) in [4.78, 5) is 10.6. The third-order valence-corrected chi connectivity index (χ3v) is 1.26. The number of rotatable bonds is 0. The first-order valence-corrected chi connectivity index (χ1v) is 2.95. The van der Waals surface area contributed by atoms with Crippen molar-refractivity contribution in [3.8, 4) is 0 Å². The molecular formula is C6H9NO2. The van der Waals surface area contributed by atoms with Crippen LogP contribution in [0.1, 0.15) is 12.8 Å². The highest BCUT2D eigenvalue weighted by Gasteiger charge is 2.09. The van der Waals surface area contributed by atoms with Crippen LogP contribution in [-0.4, -0.2) is 22.7 Å². The lowest BCUT2D eigenvalue weighted by Gasteiger charge is -2.08. The molecule has 0 unspecified atom stereocenters. The fraction of sp³-hybridized carbons (Fsp3) is 0.500. The molecule has 9 heavy (non-hydrogen) atoms. The van der Waals surface area contributed by atoms with Gasteiger partial charge < -0.3 is 0 Å². The van der Waals surface area contributed by atoms with Crippen LogP contribution in [0.4, 0.5) is 0 Å². The molecule has 0 fully saturated rings. The Morgan fingerprint density at radius 2 is 2.33 bits per heavy atom. The molecule has 1 rings (SSSR count). The number of carbonyl (C=O) groups is 1. The third-order valence-electron chi connectivity index (χ3n) is 1.26. The van der Waals surface area contributed by atoms with Gasteiger partial charge in [-0.2, -0.15) is 0 Å². The van der Waals surface area contributed by atoms with E-state index >= 15 is 0 Å². The van der Waals surface area contributed by atoms with E-state index in [-0.39, 0.29) is 5.91 Å². The molecule has 3 nitrogen and oxygen atoms in total. The normalized spacial score (nSPS) is 20.1. The number of hydrogen-bond acceptors (Lipinski definition) is 2. The first-order valence-electron chi connectivity index (χ1n) is 2.95. The second kappa shape index (κ2) is 2.64. The van der Waals surface area contributed by atoms with E-state index in [0.29, 0.717) is 13.0 Å². The smallest absolute Gasteiger partial charge is 0.246 e. The van der Waals surface area contributed by atoms with Crippen LogP contribution in [0.25, 0.3) is 0 Å². The summed E-state index contributed by atoms with van der Waals surface area (Å²) >= 11 is 0. The van der Waals surface area contributed by atoms with Gasteiger partial charge in [0.15, 0.2) is 0 Å². The molecule has 1 aliphatic rings. The molecule has 1 amide bonds. The zero-order chi connectivity index (χ0) is 6.69. The fourth-order valence-electron chi connectivity index (χ4n) is 0.730. The van der Waals surface area contributed by atoms with Crippen molar-refractivity contribution in [1.82, 2.24) is 5.06 Å². The zero-order valence-corrected chi connectivity index (χ0v) is 5.08. The number of allylic oxidation sites excluding steroid dienone is 1. The summed E-state index contributed by atoms with van der Waals surface area (Å²) in [6, 6.07) is 0. The van der Waals surface area contributed by atoms with Gasteiger partial charge in [-0.05, 0) is 6.42 Å². The van der Waals surface area contributed by atoms with Crippen LogP contribution in [0.3, 0.4) is 0 Å². The maximum Gasteiger partial charge on any atom is 0.246 e. The molecule has 3 heteroatoms. The Kier molecular flexibility index (Phi) is 1.85. The predicted octanol–water partition coefficient (Wildman–Crippen LogP) is 0.554. The molecular weight excluding hydrogens is 118 g/mol. The number of nitrogens with zero attached hydrogens (tertiary/aromatic N) is 1. The van der Waals surface area contributed by atoms with Gasteiger partial charge in [0, 0.05) is 6.42 Å². The number of hydroxylamine groups is 2. The van der Waals surface area contributed by atoms with Crippen LogP contribution >= 0.6 is 0 Å². The van der Waals surface area contributed by atoms with Crippen LogP contribution in [0, 0.1) is 0 Å². The van der Waals surface area contributed by atoms with Gasteiger partial charge in [0.25, 0.3) is 0 Å². The molecule has 0 saturated carbocycles. The van der Waals surface area contributed by atoms with Crippen LogP contribution in [0.15, 0.2) is 12.2 Å². The Bertz CT molecular complexity index is 142. The monoisotopic (exact) mass is 127 g/mol. The fourth-order valence-corrected chi connectivity index (χ4v) is 0.730. The molecule has 0 atom stereocenters. The highest BCUT2D eigenvalue weighted by molar-refractivity contribution is 5.75. The Labute approximate surface area is 53.5 Å². The number of hydrogen-bond donors (Lipinski definition) is 1. The number of amides is 1. The van der Waals surface area contributed by atoms with Crippen LogP contribution in [0.5, 0.6) is 0 Å². The van der Waals surface area contributed by atoms with Crippen molar-refractivity contribution in [1.29, 1.82) is 0 Å². The maximum absolute atomic E-state index is 10.6. The van der Waals surface area contributed by atoms with E-state index in [1.807, 2.05) is 6.08 Å². The van der Waals surface area contributed by atoms with E-state index in [4.69, 9.17) is 5.21 Å². The quantitative estimate of drug-likeness (QED) is 0.381. The average Bonchev–Trinajstić information content (AvgIpc) is 1.99. The minimum absolute atomic E-state index is 0.194. The van der Waals surface area contributed by atoms with Gasteiger partial charge in [0.2, 0.25) is 5.91 Å². The Morgan fingerprint density at radius 3 is 3.11 bits per heavy atom. The lowest BCUT2D eigenvalue weighted by molar-refractivity contribution is -0.162. The van der Waals surface area contributed by atoms with E-state index in [9.17, 15) is 4.79 Å². The van der Waals surface area contributed by atoms with E-state index < -0.39 is 0 Å². The van der Waals surface area contributed by atoms with Crippen molar-refractivity contribution in [3.05, 3.63) is 12.2 Å². The number of carbonyl (C=O) groups excluding carboxylic acids is 1. The Balaban J connectivity index is 2.52. The van der Waals surface area contributed by atoms with E-state index in [1.54, 1.807) is 6.08 Å². The van der Waals surface area contributed by atoms with Crippen molar-refractivity contribution >= 4 is 5.91 Å². The second-order valence-corrected chi connectivity index (χ2v) is 1.99. The largest absolute Gasteiger partial charge is 0.286 e. The Morgan fingerprint density at radius 1 is 1.56 bits per heavy atom. The molecule has 0 saturated heterocycles. The molecule has 50 valence electrons. The van der Waals surface area contributed by atoms with E-state index in [2.05, 4.69) is 0 Å². The maximum atomic E-state index is 10.6. The molecule has 1 N–H and O–H groups in total. The minimum Gasteiger partial charge on any atom is -0.286 e. The summed E-state index contributed by atoms with van der Waals surface area (Å²) in [5, 5.41) is 9.53. The molecule has 0 radical (unpaired) electrons. The lowest BCUT2D eigenvalue weighted by atomic mass is 10.3. The Hall–Kier alpha value is -0.830. The molecule has 0 aromatic rings. The van der Waals surface area contributed by atoms with Gasteiger partial charge in [-0.25, -0.2) is 5.06 Å². The summed E-state index contributed by atoms with van der Waals surface area (Å²) in [5.41, 5.74) is 0. The van der Waals surface area contributed by atoms with Crippen molar-refractivity contribution in [2.24, 2.45) is 0 Å². The van der Waals surface area contributed by atoms with Crippen LogP contribution in [0.2, 0.25) is 0 Å². The van der Waals surface area contributed by atoms with E-state index in [0.717, 1.165) is 11.5 Å². The average molecular weight is 127 g/mol. The van der Waals surface area contributed by atoms with Gasteiger partial charge in [-0.1, -0.05) is 12.2 Å². The first-order chi connectivity index (χ1) is 4.30. The summed E-state index contributed by atoms with van der Waals surface area (Å²) in [7, 11) is 0. The predicted molar refractivity (Wildman–Crippen MR) is 31.9 cm³/mol. The van der Waals surface area contributed by atoms with Gasteiger partial charge in [0.05, 0.1) is 6.54 Å². The highest BCUT2D eigenvalue weighted by atomic mass is 16.5. The summed E-state index contributed by atoms with van der Waals surface area (Å²) in [5.74, 6) is -0.194. The zero-order valence-electron chi connectivity index (χ0n) is 5.08. The molecule has 0 bridgehead atoms. The summed E-state index contributed by atoms with van der Waals surface area (Å²) < 4.78 is 0. The third kappa shape index (κ3) is 1.54. The van der Waals surface area contributed by atoms with Crippen molar-refractivity contribution < 1.29 is 10.0 Å². The molecule has 1 aliphatic heterocycles. The molecule has 0 spiro atoms. The SMILES string of the molecule is O=C1CCC=CCN1O. The lowest BCUT2D eigenvalue weighted by Crippen LogP contribution is -2.25. The first kappa shape index (κ1) is 6.29. The van der Waals surface area contributed by atoms with Crippen molar-refractivity contribution in [2.75, 3.05) is 6.54 Å². The van der Waals surface area contributed by atoms with E-state index in [1.165, 1.54) is 0 Å². The molecule has 1 heterocycles. The van der Waals surface area contributed by atoms with Gasteiger partial charge >= 0.3 is 0 Å².